The number of hydrogen-bond donors (Lipinski definition) is 2. The van der Waals surface area contributed by atoms with Crippen LogP contribution >= 0.6 is 0 Å². The highest BCUT2D eigenvalue weighted by Gasteiger charge is 2.35. The van der Waals surface area contributed by atoms with Crippen LogP contribution in [0.15, 0.2) is 42.5 Å². The number of carbonyl (C=O) groups is 1. The van der Waals surface area contributed by atoms with Crippen molar-refractivity contribution < 1.29 is 27.5 Å². The Kier molecular flexibility index (Phi) is 4.46. The lowest BCUT2D eigenvalue weighted by atomic mass is 10.1. The molecule has 0 spiro atoms. The minimum absolute atomic E-state index is 0.244. The highest BCUT2D eigenvalue weighted by atomic mass is 19.4. The van der Waals surface area contributed by atoms with Crippen LogP contribution in [0.1, 0.15) is 21.5 Å². The second-order valence-electron chi connectivity index (χ2n) is 4.48. The molecule has 0 fully saturated rings. The van der Waals surface area contributed by atoms with Crippen LogP contribution in [-0.2, 0) is 12.8 Å². The monoisotopic (exact) mass is 313 g/mol. The molecule has 2 aromatic carbocycles. The fourth-order valence-corrected chi connectivity index (χ4v) is 1.87. The van der Waals surface area contributed by atoms with Gasteiger partial charge < -0.3 is 10.4 Å². The lowest BCUT2D eigenvalue weighted by molar-refractivity contribution is -0.140. The number of amides is 1. The molecule has 0 unspecified atom stereocenters. The molecule has 0 aliphatic heterocycles. The Bertz CT molecular complexity index is 698. The number of hydrogen-bond acceptors (Lipinski definition) is 2. The number of rotatable bonds is 3. The van der Waals surface area contributed by atoms with Crippen molar-refractivity contribution in [3.8, 4) is 0 Å². The van der Waals surface area contributed by atoms with E-state index in [1.54, 1.807) is 12.1 Å². The van der Waals surface area contributed by atoms with Gasteiger partial charge in [0.1, 0.15) is 5.82 Å². The van der Waals surface area contributed by atoms with Gasteiger partial charge in [0.15, 0.2) is 0 Å². The number of halogens is 4. The first kappa shape index (κ1) is 16.0. The summed E-state index contributed by atoms with van der Waals surface area (Å²) in [7, 11) is 0. The normalized spacial score (nSPS) is 11.3. The Labute approximate surface area is 123 Å². The van der Waals surface area contributed by atoms with Gasteiger partial charge in [0.2, 0.25) is 0 Å². The van der Waals surface area contributed by atoms with Gasteiger partial charge >= 0.3 is 6.18 Å². The highest BCUT2D eigenvalue weighted by molar-refractivity contribution is 6.04. The van der Waals surface area contributed by atoms with Crippen molar-refractivity contribution in [3.05, 3.63) is 65.0 Å². The molecule has 0 atom stereocenters. The molecule has 0 aromatic heterocycles. The molecule has 7 heteroatoms. The number of nitrogens with one attached hydrogen (secondary N) is 1. The van der Waals surface area contributed by atoms with Crippen LogP contribution < -0.4 is 5.32 Å². The maximum Gasteiger partial charge on any atom is 0.419 e. The van der Waals surface area contributed by atoms with Gasteiger partial charge in [-0.25, -0.2) is 4.39 Å². The standard InChI is InChI=1S/C15H11F4NO2/c16-13-11(5-2-6-12(13)15(17,18)19)14(22)20-10-4-1-3-9(7-10)8-21/h1-7,21H,8H2,(H,20,22). The molecule has 2 rings (SSSR count). The molecule has 0 aliphatic carbocycles. The summed E-state index contributed by atoms with van der Waals surface area (Å²) < 4.78 is 51.7. The quantitative estimate of drug-likeness (QED) is 0.851. The van der Waals surface area contributed by atoms with E-state index in [9.17, 15) is 22.4 Å². The fraction of sp³-hybridized carbons (Fsp3) is 0.133. The first-order valence-electron chi connectivity index (χ1n) is 6.20. The smallest absolute Gasteiger partial charge is 0.392 e. The topological polar surface area (TPSA) is 49.3 Å². The van der Waals surface area contributed by atoms with Crippen molar-refractivity contribution in [1.82, 2.24) is 0 Å². The second kappa shape index (κ2) is 6.15. The SMILES string of the molecule is O=C(Nc1cccc(CO)c1)c1cccc(C(F)(F)F)c1F. The highest BCUT2D eigenvalue weighted by Crippen LogP contribution is 2.32. The Morgan fingerprint density at radius 1 is 1.14 bits per heavy atom. The van der Waals surface area contributed by atoms with E-state index in [-0.39, 0.29) is 12.3 Å². The maximum absolute atomic E-state index is 13.8. The van der Waals surface area contributed by atoms with Gasteiger partial charge in [0, 0.05) is 5.69 Å². The first-order valence-corrected chi connectivity index (χ1v) is 6.20. The number of benzene rings is 2. The van der Waals surface area contributed by atoms with Crippen LogP contribution in [-0.4, -0.2) is 11.0 Å². The van der Waals surface area contributed by atoms with Gasteiger partial charge in [0.25, 0.3) is 5.91 Å². The summed E-state index contributed by atoms with van der Waals surface area (Å²) in [5, 5.41) is 11.3. The molecule has 22 heavy (non-hydrogen) atoms. The third-order valence-corrected chi connectivity index (χ3v) is 2.92. The van der Waals surface area contributed by atoms with Gasteiger partial charge in [-0.3, -0.25) is 4.79 Å². The van der Waals surface area contributed by atoms with Gasteiger partial charge in [0.05, 0.1) is 17.7 Å². The number of aliphatic hydroxyl groups is 1. The summed E-state index contributed by atoms with van der Waals surface area (Å²) >= 11 is 0. The second-order valence-corrected chi connectivity index (χ2v) is 4.48. The van der Waals surface area contributed by atoms with Crippen molar-refractivity contribution >= 4 is 11.6 Å². The van der Waals surface area contributed by atoms with Crippen molar-refractivity contribution in [2.45, 2.75) is 12.8 Å². The average Bonchev–Trinajstić information content (AvgIpc) is 2.46. The third-order valence-electron chi connectivity index (χ3n) is 2.92. The van der Waals surface area contributed by atoms with E-state index in [0.717, 1.165) is 12.1 Å². The number of aliphatic hydroxyl groups excluding tert-OH is 1. The van der Waals surface area contributed by atoms with E-state index in [0.29, 0.717) is 11.6 Å². The van der Waals surface area contributed by atoms with Crippen LogP contribution in [0, 0.1) is 5.82 Å². The molecule has 3 nitrogen and oxygen atoms in total. The predicted molar refractivity (Wildman–Crippen MR) is 71.7 cm³/mol. The van der Waals surface area contributed by atoms with Crippen LogP contribution in [0.4, 0.5) is 23.2 Å². The molecule has 0 saturated heterocycles. The van der Waals surface area contributed by atoms with Crippen molar-refractivity contribution in [2.24, 2.45) is 0 Å². The molecule has 0 saturated carbocycles. The minimum atomic E-state index is -4.88. The summed E-state index contributed by atoms with van der Waals surface area (Å²) in [5.41, 5.74) is -1.45. The molecule has 0 radical (unpaired) electrons. The Hall–Kier alpha value is -2.41. The van der Waals surface area contributed by atoms with E-state index in [4.69, 9.17) is 5.11 Å². The van der Waals surface area contributed by atoms with Crippen molar-refractivity contribution in [2.75, 3.05) is 5.32 Å². The number of alkyl halides is 3. The lowest BCUT2D eigenvalue weighted by Crippen LogP contribution is -2.17. The van der Waals surface area contributed by atoms with Crippen molar-refractivity contribution in [1.29, 1.82) is 0 Å². The minimum Gasteiger partial charge on any atom is -0.392 e. The molecule has 0 aliphatic rings. The number of carbonyl (C=O) groups excluding carboxylic acids is 1. The van der Waals surface area contributed by atoms with Gasteiger partial charge in [-0.2, -0.15) is 13.2 Å². The van der Waals surface area contributed by atoms with E-state index in [2.05, 4.69) is 5.32 Å². The van der Waals surface area contributed by atoms with Crippen molar-refractivity contribution in [3.63, 3.8) is 0 Å². The molecular weight excluding hydrogens is 302 g/mol. The van der Waals surface area contributed by atoms with Crippen LogP contribution in [0.2, 0.25) is 0 Å². The zero-order valence-corrected chi connectivity index (χ0v) is 11.1. The van der Waals surface area contributed by atoms with E-state index in [1.807, 2.05) is 0 Å². The molecule has 0 heterocycles. The zero-order chi connectivity index (χ0) is 16.3. The Balaban J connectivity index is 2.30. The van der Waals surface area contributed by atoms with Crippen LogP contribution in [0.25, 0.3) is 0 Å². The van der Waals surface area contributed by atoms with E-state index in [1.165, 1.54) is 12.1 Å². The summed E-state index contributed by atoms with van der Waals surface area (Å²) in [6.45, 7) is -0.262. The maximum atomic E-state index is 13.8. The van der Waals surface area contributed by atoms with Crippen LogP contribution in [0.3, 0.4) is 0 Å². The van der Waals surface area contributed by atoms with E-state index < -0.39 is 29.0 Å². The molecule has 2 aromatic rings. The molecule has 2 N–H and O–H groups in total. The van der Waals surface area contributed by atoms with E-state index >= 15 is 0 Å². The molecular formula is C15H11F4NO2. The van der Waals surface area contributed by atoms with Gasteiger partial charge in [-0.15, -0.1) is 0 Å². The predicted octanol–water partition coefficient (Wildman–Crippen LogP) is 3.59. The zero-order valence-electron chi connectivity index (χ0n) is 11.1. The van der Waals surface area contributed by atoms with Gasteiger partial charge in [-0.05, 0) is 29.8 Å². The Morgan fingerprint density at radius 3 is 2.45 bits per heavy atom. The first-order chi connectivity index (χ1) is 10.3. The molecule has 1 amide bonds. The summed E-state index contributed by atoms with van der Waals surface area (Å²) in [4.78, 5) is 11.9. The lowest BCUT2D eigenvalue weighted by Gasteiger charge is -2.11. The molecule has 116 valence electrons. The summed E-state index contributed by atoms with van der Waals surface area (Å²) in [6.07, 6.45) is -4.88. The third kappa shape index (κ3) is 3.43. The average molecular weight is 313 g/mol. The Morgan fingerprint density at radius 2 is 1.82 bits per heavy atom. The summed E-state index contributed by atoms with van der Waals surface area (Å²) in [5.74, 6) is -2.62. The number of anilines is 1. The largest absolute Gasteiger partial charge is 0.419 e. The van der Waals surface area contributed by atoms with Crippen LogP contribution in [0.5, 0.6) is 0 Å². The fourth-order valence-electron chi connectivity index (χ4n) is 1.87. The van der Waals surface area contributed by atoms with Gasteiger partial charge in [-0.1, -0.05) is 18.2 Å². The molecule has 0 bridgehead atoms. The summed E-state index contributed by atoms with van der Waals surface area (Å²) in [6, 6.07) is 8.55.